The second-order valence-electron chi connectivity index (χ2n) is 8.62. The van der Waals surface area contributed by atoms with Gasteiger partial charge in [0.15, 0.2) is 5.96 Å². The van der Waals surface area contributed by atoms with E-state index in [1.54, 1.807) is 4.68 Å². The molecule has 1 unspecified atom stereocenters. The van der Waals surface area contributed by atoms with Crippen LogP contribution in [0.3, 0.4) is 0 Å². The molecule has 0 aliphatic carbocycles. The number of hydrogen-bond donors (Lipinski definition) is 2. The normalized spacial score (nSPS) is 21.1. The number of nitrogen functional groups attached to an aromatic ring is 1. The lowest BCUT2D eigenvalue weighted by molar-refractivity contribution is 0.156. The number of nitrogens with one attached hydrogen (secondary N) is 1. The third-order valence-electron chi connectivity index (χ3n) is 6.39. The zero-order chi connectivity index (χ0) is 21.8. The van der Waals surface area contributed by atoms with Crippen LogP contribution in [-0.2, 0) is 11.2 Å². The van der Waals surface area contributed by atoms with Gasteiger partial charge < -0.3 is 20.7 Å². The maximum atomic E-state index is 9.60. The minimum Gasteiger partial charge on any atom is -0.382 e. The van der Waals surface area contributed by atoms with Gasteiger partial charge in [0.1, 0.15) is 17.5 Å². The molecule has 2 aliphatic rings. The first-order valence-electron chi connectivity index (χ1n) is 10.9. The number of aryl methyl sites for hydroxylation is 2. The predicted molar refractivity (Wildman–Crippen MR) is 121 cm³/mol. The van der Waals surface area contributed by atoms with E-state index >= 15 is 0 Å². The molecule has 1 aromatic heterocycles. The molecule has 8 nitrogen and oxygen atoms in total. The first-order valence-corrected chi connectivity index (χ1v) is 10.9. The fourth-order valence-corrected chi connectivity index (χ4v) is 4.53. The van der Waals surface area contributed by atoms with Crippen LogP contribution in [0.4, 0.5) is 5.82 Å². The monoisotopic (exact) mass is 421 g/mol. The maximum absolute atomic E-state index is 9.60. The fourth-order valence-electron chi connectivity index (χ4n) is 4.53. The Morgan fingerprint density at radius 1 is 1.35 bits per heavy atom. The third kappa shape index (κ3) is 4.37. The number of benzene rings is 1. The molecule has 0 bridgehead atoms. The second-order valence-corrected chi connectivity index (χ2v) is 8.62. The van der Waals surface area contributed by atoms with Crippen LogP contribution in [0, 0.1) is 23.7 Å². The summed E-state index contributed by atoms with van der Waals surface area (Å²) < 4.78 is 7.29. The van der Waals surface area contributed by atoms with Crippen LogP contribution in [0.15, 0.2) is 29.3 Å². The molecule has 164 valence electrons. The Labute approximate surface area is 183 Å². The van der Waals surface area contributed by atoms with Gasteiger partial charge in [0.25, 0.3) is 0 Å². The largest absolute Gasteiger partial charge is 0.382 e. The highest BCUT2D eigenvalue weighted by Crippen LogP contribution is 2.38. The molecule has 1 atom stereocenters. The molecule has 1 spiro atoms. The summed E-state index contributed by atoms with van der Waals surface area (Å²) in [6.45, 7) is 6.55. The number of nitrogens with zero attached hydrogens (tertiary/aromatic N) is 5. The second kappa shape index (κ2) is 8.98. The number of guanidine groups is 1. The van der Waals surface area contributed by atoms with Gasteiger partial charge in [-0.1, -0.05) is 17.7 Å². The summed E-state index contributed by atoms with van der Waals surface area (Å²) in [5, 5.41) is 17.7. The van der Waals surface area contributed by atoms with Gasteiger partial charge in [-0.3, -0.25) is 4.99 Å². The lowest BCUT2D eigenvalue weighted by Crippen LogP contribution is -2.41. The van der Waals surface area contributed by atoms with E-state index < -0.39 is 0 Å². The molecule has 1 aromatic carbocycles. The van der Waals surface area contributed by atoms with Crippen molar-refractivity contribution >= 4 is 11.8 Å². The van der Waals surface area contributed by atoms with Crippen molar-refractivity contribution in [3.63, 3.8) is 0 Å². The number of anilines is 1. The summed E-state index contributed by atoms with van der Waals surface area (Å²) in [4.78, 5) is 6.80. The highest BCUT2D eigenvalue weighted by molar-refractivity contribution is 5.80. The summed E-state index contributed by atoms with van der Waals surface area (Å²) >= 11 is 0. The van der Waals surface area contributed by atoms with Gasteiger partial charge in [0.2, 0.25) is 0 Å². The number of ether oxygens (including phenoxy) is 1. The van der Waals surface area contributed by atoms with Crippen molar-refractivity contribution in [3.8, 4) is 11.8 Å². The van der Waals surface area contributed by atoms with Gasteiger partial charge in [-0.25, -0.2) is 4.68 Å². The highest BCUT2D eigenvalue weighted by Gasteiger charge is 2.42. The maximum Gasteiger partial charge on any atom is 0.193 e. The number of aromatic nitrogens is 2. The average Bonchev–Trinajstić information content (AvgIpc) is 3.49. The van der Waals surface area contributed by atoms with E-state index in [1.165, 1.54) is 5.56 Å². The number of likely N-dealkylation sites (tertiary alicyclic amines) is 1. The van der Waals surface area contributed by atoms with Crippen molar-refractivity contribution in [2.45, 2.75) is 32.6 Å². The Bertz CT molecular complexity index is 981. The SMILES string of the molecule is CN=C(NCCCc1nn(-c2ccc(C)cc2)c(N)c1C#N)N1CCC2(CCOC2)C1. The average molecular weight is 422 g/mol. The lowest BCUT2D eigenvalue weighted by atomic mass is 9.87. The van der Waals surface area contributed by atoms with Gasteiger partial charge in [0, 0.05) is 38.7 Å². The molecular weight excluding hydrogens is 390 g/mol. The van der Waals surface area contributed by atoms with Crippen LogP contribution in [0.5, 0.6) is 0 Å². The highest BCUT2D eigenvalue weighted by atomic mass is 16.5. The lowest BCUT2D eigenvalue weighted by Gasteiger charge is -2.24. The zero-order valence-corrected chi connectivity index (χ0v) is 18.4. The predicted octanol–water partition coefficient (Wildman–Crippen LogP) is 2.25. The van der Waals surface area contributed by atoms with Crippen LogP contribution < -0.4 is 11.1 Å². The van der Waals surface area contributed by atoms with E-state index in [0.717, 1.165) is 69.5 Å². The molecule has 31 heavy (non-hydrogen) atoms. The van der Waals surface area contributed by atoms with Crippen LogP contribution in [0.2, 0.25) is 0 Å². The van der Waals surface area contributed by atoms with Gasteiger partial charge in [0.05, 0.1) is 18.0 Å². The molecule has 2 aromatic rings. The molecule has 0 amide bonds. The van der Waals surface area contributed by atoms with Crippen molar-refractivity contribution in [2.24, 2.45) is 10.4 Å². The Morgan fingerprint density at radius 2 is 2.16 bits per heavy atom. The van der Waals surface area contributed by atoms with E-state index in [2.05, 4.69) is 26.4 Å². The third-order valence-corrected chi connectivity index (χ3v) is 6.39. The molecule has 4 rings (SSSR count). The van der Waals surface area contributed by atoms with E-state index in [-0.39, 0.29) is 0 Å². The first-order chi connectivity index (χ1) is 15.0. The number of nitrogens with two attached hydrogens (primary N) is 1. The summed E-state index contributed by atoms with van der Waals surface area (Å²) in [7, 11) is 1.83. The van der Waals surface area contributed by atoms with Crippen molar-refractivity contribution < 1.29 is 4.74 Å². The number of rotatable bonds is 5. The summed E-state index contributed by atoms with van der Waals surface area (Å²) in [6, 6.07) is 10.2. The Balaban J connectivity index is 1.35. The van der Waals surface area contributed by atoms with Crippen molar-refractivity contribution in [2.75, 3.05) is 45.6 Å². The van der Waals surface area contributed by atoms with Gasteiger partial charge >= 0.3 is 0 Å². The quantitative estimate of drug-likeness (QED) is 0.436. The molecule has 2 saturated heterocycles. The Kier molecular flexibility index (Phi) is 6.14. The molecule has 0 radical (unpaired) electrons. The topological polar surface area (TPSA) is 104 Å². The van der Waals surface area contributed by atoms with Gasteiger partial charge in [-0.05, 0) is 44.7 Å². The van der Waals surface area contributed by atoms with E-state index in [1.807, 2.05) is 38.2 Å². The molecule has 2 fully saturated rings. The van der Waals surface area contributed by atoms with E-state index in [0.29, 0.717) is 23.2 Å². The van der Waals surface area contributed by atoms with E-state index in [4.69, 9.17) is 10.5 Å². The van der Waals surface area contributed by atoms with Crippen molar-refractivity contribution in [3.05, 3.63) is 41.1 Å². The first kappa shape index (κ1) is 21.2. The van der Waals surface area contributed by atoms with Crippen molar-refractivity contribution in [1.29, 1.82) is 5.26 Å². The molecule has 2 aliphatic heterocycles. The minimum absolute atomic E-state index is 0.305. The Hall–Kier alpha value is -3.05. The summed E-state index contributed by atoms with van der Waals surface area (Å²) in [5.74, 6) is 1.33. The molecular formula is C23H31N7O. The number of aliphatic imine (C=N–C) groups is 1. The van der Waals surface area contributed by atoms with Crippen LogP contribution >= 0.6 is 0 Å². The molecule has 3 N–H and O–H groups in total. The summed E-state index contributed by atoms with van der Waals surface area (Å²) in [5.41, 5.74) is 9.76. The minimum atomic E-state index is 0.305. The van der Waals surface area contributed by atoms with Gasteiger partial charge in [-0.15, -0.1) is 0 Å². The van der Waals surface area contributed by atoms with Crippen molar-refractivity contribution in [1.82, 2.24) is 20.0 Å². The number of hydrogen-bond acceptors (Lipinski definition) is 5. The molecule has 0 saturated carbocycles. The standard InChI is InChI=1S/C23H31N7O/c1-17-5-7-18(8-6-17)30-21(25)19(14-24)20(28-30)4-3-11-27-22(26-2)29-12-9-23(15-29)10-13-31-16-23/h5-8H,3-4,9-13,15-16,25H2,1-2H3,(H,26,27). The van der Waals surface area contributed by atoms with E-state index in [9.17, 15) is 5.26 Å². The fraction of sp³-hybridized carbons (Fsp3) is 0.522. The molecule has 8 heteroatoms. The van der Waals surface area contributed by atoms with Gasteiger partial charge in [-0.2, -0.15) is 10.4 Å². The van der Waals surface area contributed by atoms with Crippen LogP contribution in [0.25, 0.3) is 5.69 Å². The molecule has 3 heterocycles. The zero-order valence-electron chi connectivity index (χ0n) is 18.4. The summed E-state index contributed by atoms with van der Waals surface area (Å²) in [6.07, 6.45) is 3.81. The van der Waals surface area contributed by atoms with Crippen LogP contribution in [-0.4, -0.2) is 60.5 Å². The Morgan fingerprint density at radius 3 is 2.84 bits per heavy atom. The smallest absolute Gasteiger partial charge is 0.193 e. The van der Waals surface area contributed by atoms with Crippen LogP contribution in [0.1, 0.15) is 36.1 Å². The number of nitriles is 1.